The molecule has 0 N–H and O–H groups in total. The molecule has 0 saturated carbocycles. The normalized spacial score (nSPS) is 13.5. The lowest BCUT2D eigenvalue weighted by atomic mass is 9.70. The van der Waals surface area contributed by atoms with Gasteiger partial charge < -0.3 is 0 Å². The van der Waals surface area contributed by atoms with E-state index >= 15 is 0 Å². The summed E-state index contributed by atoms with van der Waals surface area (Å²) in [5, 5.41) is 7.75. The molecule has 0 bridgehead atoms. The summed E-state index contributed by atoms with van der Waals surface area (Å²) >= 11 is 1.82. The molecule has 52 heavy (non-hydrogen) atoms. The molecule has 0 unspecified atom stereocenters. The summed E-state index contributed by atoms with van der Waals surface area (Å²) in [6, 6.07) is 59.4. The average Bonchev–Trinajstić information content (AvgIpc) is 3.85. The van der Waals surface area contributed by atoms with Gasteiger partial charge in [0.1, 0.15) is 0 Å². The predicted molar refractivity (Wildman–Crippen MR) is 215 cm³/mol. The second kappa shape index (κ2) is 10.3. The van der Waals surface area contributed by atoms with Crippen molar-refractivity contribution in [3.8, 4) is 45.3 Å². The van der Waals surface area contributed by atoms with Gasteiger partial charge in [-0.3, -0.25) is 0 Å². The largest absolute Gasteiger partial charge is 0.208 e. The Morgan fingerprint density at radius 1 is 0.385 bits per heavy atom. The van der Waals surface area contributed by atoms with Crippen LogP contribution in [0.4, 0.5) is 0 Å². The zero-order chi connectivity index (χ0) is 34.0. The Hall–Kier alpha value is -6.49. The van der Waals surface area contributed by atoms with E-state index in [9.17, 15) is 0 Å². The van der Waals surface area contributed by atoms with Crippen LogP contribution in [0, 0.1) is 0 Å². The lowest BCUT2D eigenvalue weighted by molar-refractivity contribution is 0.797. The number of benzene rings is 8. The van der Waals surface area contributed by atoms with Crippen LogP contribution < -0.4 is 0 Å². The molecule has 0 saturated heterocycles. The second-order valence-electron chi connectivity index (χ2n) is 13.9. The monoisotopic (exact) mass is 677 g/mol. The minimum atomic E-state index is -0.451. The van der Waals surface area contributed by atoms with Crippen LogP contribution in [0.2, 0.25) is 0 Å². The van der Waals surface area contributed by atoms with Crippen LogP contribution in [0.15, 0.2) is 164 Å². The van der Waals surface area contributed by atoms with Crippen molar-refractivity contribution < 1.29 is 0 Å². The Morgan fingerprint density at radius 3 is 1.79 bits per heavy atom. The minimum Gasteiger partial charge on any atom is -0.208 e. The number of thiophene rings is 1. The van der Waals surface area contributed by atoms with Crippen LogP contribution in [0.25, 0.3) is 87.0 Å². The van der Waals surface area contributed by atoms with Crippen molar-refractivity contribution in [3.05, 3.63) is 186 Å². The van der Waals surface area contributed by atoms with E-state index in [0.717, 1.165) is 16.7 Å². The van der Waals surface area contributed by atoms with Gasteiger partial charge in [0.05, 0.1) is 5.41 Å². The van der Waals surface area contributed by atoms with Crippen LogP contribution in [0.5, 0.6) is 0 Å². The lowest BCUT2D eigenvalue weighted by Gasteiger charge is -2.31. The topological polar surface area (TPSA) is 38.7 Å². The number of hydrogen-bond donors (Lipinski definition) is 0. The molecule has 0 amide bonds. The van der Waals surface area contributed by atoms with Crippen LogP contribution in [-0.2, 0) is 5.41 Å². The second-order valence-corrected chi connectivity index (χ2v) is 15.0. The first-order valence-electron chi connectivity index (χ1n) is 17.7. The Bertz CT molecular complexity index is 3080. The Balaban J connectivity index is 1.15. The molecule has 240 valence electrons. The molecule has 3 nitrogen and oxygen atoms in total. The fourth-order valence-corrected chi connectivity index (χ4v) is 10.3. The van der Waals surface area contributed by atoms with Gasteiger partial charge >= 0.3 is 0 Å². The number of fused-ring (bicyclic) bond motifs is 10. The highest BCUT2D eigenvalue weighted by Gasteiger charge is 2.51. The zero-order valence-electron chi connectivity index (χ0n) is 27.8. The summed E-state index contributed by atoms with van der Waals surface area (Å²) in [7, 11) is 0. The van der Waals surface area contributed by atoms with Crippen molar-refractivity contribution in [2.75, 3.05) is 0 Å². The molecule has 8 aromatic carbocycles. The molecular weight excluding hydrogens is 651 g/mol. The molecule has 2 aliphatic carbocycles. The van der Waals surface area contributed by atoms with Crippen LogP contribution >= 0.6 is 11.3 Å². The van der Waals surface area contributed by atoms with Crippen LogP contribution in [-0.4, -0.2) is 15.0 Å². The molecule has 0 aliphatic heterocycles. The average molecular weight is 678 g/mol. The third kappa shape index (κ3) is 3.61. The highest BCUT2D eigenvalue weighted by molar-refractivity contribution is 7.25. The predicted octanol–water partition coefficient (Wildman–Crippen LogP) is 12.2. The molecule has 0 radical (unpaired) electrons. The standard InChI is InChI=1S/C48H27N3S/c1-2-11-30(12-3-1)45-49-46(31-25-26-41-35(27-31)32-15-5-7-22-40(32)52-41)51-47(50-45)34-17-10-21-39-44(34)33-16-4-6-18-36(33)48(39)37-19-8-13-28-23-24-29-14-9-20-38(48)43(29)42(28)37/h1-27H. The van der Waals surface area contributed by atoms with Gasteiger partial charge in [-0.2, -0.15) is 0 Å². The number of hydrogen-bond acceptors (Lipinski definition) is 4. The van der Waals surface area contributed by atoms with Gasteiger partial charge in [-0.1, -0.05) is 140 Å². The minimum absolute atomic E-state index is 0.451. The summed E-state index contributed by atoms with van der Waals surface area (Å²) in [6.45, 7) is 0. The Labute approximate surface area is 303 Å². The molecule has 10 aromatic rings. The Morgan fingerprint density at radius 2 is 0.981 bits per heavy atom. The first-order chi connectivity index (χ1) is 25.8. The number of rotatable bonds is 3. The molecular formula is C48H27N3S. The highest BCUT2D eigenvalue weighted by Crippen LogP contribution is 2.63. The molecule has 2 heterocycles. The fourth-order valence-electron chi connectivity index (χ4n) is 9.23. The summed E-state index contributed by atoms with van der Waals surface area (Å²) < 4.78 is 2.54. The van der Waals surface area contributed by atoms with E-state index in [0.29, 0.717) is 17.5 Å². The van der Waals surface area contributed by atoms with Gasteiger partial charge in [-0.05, 0) is 79.2 Å². The van der Waals surface area contributed by atoms with Crippen molar-refractivity contribution in [2.45, 2.75) is 5.41 Å². The van der Waals surface area contributed by atoms with Crippen LogP contribution in [0.1, 0.15) is 22.3 Å². The smallest absolute Gasteiger partial charge is 0.164 e. The molecule has 4 heteroatoms. The SMILES string of the molecule is c1ccc(-c2nc(-c3ccc4sc5ccccc5c4c3)nc(-c3cccc4c3-c3ccccc3C43c4cccc5ccc6cccc3c6c45)n2)cc1. The zero-order valence-corrected chi connectivity index (χ0v) is 28.7. The van der Waals surface area contributed by atoms with E-state index < -0.39 is 5.41 Å². The van der Waals surface area contributed by atoms with Crippen LogP contribution in [0.3, 0.4) is 0 Å². The lowest BCUT2D eigenvalue weighted by Crippen LogP contribution is -2.26. The van der Waals surface area contributed by atoms with Crippen molar-refractivity contribution in [2.24, 2.45) is 0 Å². The molecule has 2 aromatic heterocycles. The van der Waals surface area contributed by atoms with E-state index in [1.807, 2.05) is 29.5 Å². The maximum absolute atomic E-state index is 5.33. The van der Waals surface area contributed by atoms with Crippen molar-refractivity contribution in [3.63, 3.8) is 0 Å². The summed E-state index contributed by atoms with van der Waals surface area (Å²) in [4.78, 5) is 15.7. The molecule has 0 fully saturated rings. The molecule has 12 rings (SSSR count). The summed E-state index contributed by atoms with van der Waals surface area (Å²) in [5.74, 6) is 2.01. The van der Waals surface area contributed by atoms with Crippen molar-refractivity contribution in [1.29, 1.82) is 0 Å². The van der Waals surface area contributed by atoms with E-state index in [4.69, 9.17) is 15.0 Å². The van der Waals surface area contributed by atoms with Gasteiger partial charge in [0.2, 0.25) is 0 Å². The van der Waals surface area contributed by atoms with Crippen molar-refractivity contribution in [1.82, 2.24) is 15.0 Å². The number of nitrogens with zero attached hydrogens (tertiary/aromatic N) is 3. The third-order valence-corrected chi connectivity index (χ3v) is 12.5. The third-order valence-electron chi connectivity index (χ3n) is 11.3. The first-order valence-corrected chi connectivity index (χ1v) is 18.5. The van der Waals surface area contributed by atoms with E-state index in [-0.39, 0.29) is 0 Å². The van der Waals surface area contributed by atoms with Crippen molar-refractivity contribution >= 4 is 53.1 Å². The molecule has 2 aliphatic rings. The fraction of sp³-hybridized carbons (Fsp3) is 0.0208. The Kier molecular flexibility index (Phi) is 5.58. The summed E-state index contributed by atoms with van der Waals surface area (Å²) in [6.07, 6.45) is 0. The maximum atomic E-state index is 5.33. The van der Waals surface area contributed by atoms with E-state index in [1.165, 1.54) is 75.1 Å². The highest BCUT2D eigenvalue weighted by atomic mass is 32.1. The number of aromatic nitrogens is 3. The van der Waals surface area contributed by atoms with E-state index in [2.05, 4.69) is 146 Å². The van der Waals surface area contributed by atoms with Gasteiger partial charge in [0, 0.05) is 36.9 Å². The van der Waals surface area contributed by atoms with Gasteiger partial charge in [0.15, 0.2) is 17.5 Å². The quantitative estimate of drug-likeness (QED) is 0.175. The van der Waals surface area contributed by atoms with Gasteiger partial charge in [-0.25, -0.2) is 15.0 Å². The van der Waals surface area contributed by atoms with Gasteiger partial charge in [-0.15, -0.1) is 11.3 Å². The summed E-state index contributed by atoms with van der Waals surface area (Å²) in [5.41, 5.74) is 10.2. The molecule has 1 spiro atoms. The maximum Gasteiger partial charge on any atom is 0.164 e. The molecule has 0 atom stereocenters. The van der Waals surface area contributed by atoms with E-state index in [1.54, 1.807) is 0 Å². The van der Waals surface area contributed by atoms with Gasteiger partial charge in [0.25, 0.3) is 0 Å². The first kappa shape index (κ1) is 28.2.